The number of nitrogens with one attached hydrogen (secondary N) is 3. The third-order valence-electron chi connectivity index (χ3n) is 2.14. The van der Waals surface area contributed by atoms with E-state index >= 15 is 0 Å². The molecule has 0 heterocycles. The van der Waals surface area contributed by atoms with Crippen LogP contribution in [0.1, 0.15) is 0 Å². The van der Waals surface area contributed by atoms with Gasteiger partial charge in [0.2, 0.25) is 0 Å². The summed E-state index contributed by atoms with van der Waals surface area (Å²) >= 11 is 5.98. The highest BCUT2D eigenvalue weighted by Gasteiger charge is 2.37. The Morgan fingerprint density at radius 2 is 1.71 bits per heavy atom. The Hall–Kier alpha value is -0.620. The van der Waals surface area contributed by atoms with Crippen molar-refractivity contribution in [1.82, 2.24) is 16.0 Å². The number of hydrogen-bond acceptors (Lipinski definition) is 4. The molecular formula is C8H16ClN3O2. The molecule has 1 unspecified atom stereocenters. The van der Waals surface area contributed by atoms with Gasteiger partial charge in [0.15, 0.2) is 0 Å². The minimum atomic E-state index is -1.12. The third-order valence-corrected chi connectivity index (χ3v) is 2.73. The summed E-state index contributed by atoms with van der Waals surface area (Å²) in [6.45, 7) is 3.41. The van der Waals surface area contributed by atoms with E-state index in [1.54, 1.807) is 21.1 Å². The van der Waals surface area contributed by atoms with Crippen LogP contribution in [-0.2, 0) is 4.79 Å². The highest BCUT2D eigenvalue weighted by atomic mass is 35.5. The second kappa shape index (κ2) is 5.31. The fourth-order valence-corrected chi connectivity index (χ4v) is 1.55. The number of rotatable bonds is 6. The Bertz CT molecular complexity index is 220. The van der Waals surface area contributed by atoms with E-state index in [0.29, 0.717) is 0 Å². The topological polar surface area (TPSA) is 73.4 Å². The zero-order valence-electron chi connectivity index (χ0n) is 8.52. The lowest BCUT2D eigenvalue weighted by atomic mass is 10.1. The van der Waals surface area contributed by atoms with Gasteiger partial charge in [-0.2, -0.15) is 0 Å². The van der Waals surface area contributed by atoms with E-state index in [0.717, 1.165) is 0 Å². The van der Waals surface area contributed by atoms with Crippen LogP contribution >= 0.6 is 11.6 Å². The average Bonchev–Trinajstić information content (AvgIpc) is 2.19. The van der Waals surface area contributed by atoms with Crippen molar-refractivity contribution < 1.29 is 9.90 Å². The molecule has 0 aliphatic carbocycles. The van der Waals surface area contributed by atoms with Gasteiger partial charge in [0, 0.05) is 0 Å². The molecule has 0 radical (unpaired) electrons. The molecule has 0 spiro atoms. The van der Waals surface area contributed by atoms with Crippen molar-refractivity contribution in [1.29, 1.82) is 0 Å². The SMILES string of the molecule is C=C(C(=O)O)C(Cl)C(NC)(NC)NC. The maximum Gasteiger partial charge on any atom is 0.332 e. The van der Waals surface area contributed by atoms with Crippen molar-refractivity contribution in [3.63, 3.8) is 0 Å². The molecule has 82 valence electrons. The number of alkyl halides is 1. The molecule has 0 amide bonds. The van der Waals surface area contributed by atoms with Crippen molar-refractivity contribution in [2.45, 2.75) is 11.2 Å². The summed E-state index contributed by atoms with van der Waals surface area (Å²) in [7, 11) is 4.99. The van der Waals surface area contributed by atoms with Crippen LogP contribution in [0.15, 0.2) is 12.2 Å². The largest absolute Gasteiger partial charge is 0.478 e. The molecule has 0 saturated heterocycles. The van der Waals surface area contributed by atoms with E-state index in [1.165, 1.54) is 0 Å². The molecule has 5 nitrogen and oxygen atoms in total. The zero-order valence-corrected chi connectivity index (χ0v) is 9.27. The van der Waals surface area contributed by atoms with Crippen molar-refractivity contribution in [2.75, 3.05) is 21.1 Å². The van der Waals surface area contributed by atoms with Gasteiger partial charge in [-0.1, -0.05) is 6.58 Å². The molecule has 0 bridgehead atoms. The molecule has 0 aliphatic heterocycles. The molecule has 0 aromatic heterocycles. The summed E-state index contributed by atoms with van der Waals surface area (Å²) in [5, 5.41) is 16.5. The summed E-state index contributed by atoms with van der Waals surface area (Å²) in [4.78, 5) is 10.7. The van der Waals surface area contributed by atoms with Crippen LogP contribution in [0.3, 0.4) is 0 Å². The molecular weight excluding hydrogens is 206 g/mol. The normalized spacial score (nSPS) is 13.7. The van der Waals surface area contributed by atoms with Gasteiger partial charge < -0.3 is 5.11 Å². The van der Waals surface area contributed by atoms with Gasteiger partial charge in [0.05, 0.1) is 5.57 Å². The molecule has 0 fully saturated rings. The molecule has 0 saturated carbocycles. The number of hydrogen-bond donors (Lipinski definition) is 4. The monoisotopic (exact) mass is 221 g/mol. The summed E-state index contributed by atoms with van der Waals surface area (Å²) < 4.78 is 0. The van der Waals surface area contributed by atoms with E-state index < -0.39 is 17.1 Å². The molecule has 1 atom stereocenters. The Morgan fingerprint density at radius 1 is 1.36 bits per heavy atom. The molecule has 0 aliphatic rings. The van der Waals surface area contributed by atoms with Gasteiger partial charge in [-0.05, 0) is 21.1 Å². The maximum atomic E-state index is 10.7. The predicted molar refractivity (Wildman–Crippen MR) is 56.3 cm³/mol. The number of aliphatic carboxylic acids is 1. The first-order valence-corrected chi connectivity index (χ1v) is 4.51. The first kappa shape index (κ1) is 13.4. The van der Waals surface area contributed by atoms with Crippen molar-refractivity contribution in [3.8, 4) is 0 Å². The molecule has 0 aromatic rings. The number of carboxylic acids is 1. The highest BCUT2D eigenvalue weighted by molar-refractivity contribution is 6.25. The predicted octanol–water partition coefficient (Wildman–Crippen LogP) is -0.453. The van der Waals surface area contributed by atoms with Gasteiger partial charge in [-0.15, -0.1) is 11.6 Å². The van der Waals surface area contributed by atoms with Gasteiger partial charge in [-0.3, -0.25) is 16.0 Å². The summed E-state index contributed by atoms with van der Waals surface area (Å²) in [6, 6.07) is 0. The Balaban J connectivity index is 4.84. The Morgan fingerprint density at radius 3 is 1.93 bits per heavy atom. The first-order valence-electron chi connectivity index (χ1n) is 4.08. The van der Waals surface area contributed by atoms with Gasteiger partial charge in [0.25, 0.3) is 0 Å². The third kappa shape index (κ3) is 2.45. The van der Waals surface area contributed by atoms with E-state index in [4.69, 9.17) is 16.7 Å². The van der Waals surface area contributed by atoms with Crippen LogP contribution in [0, 0.1) is 0 Å². The minimum absolute atomic E-state index is 0.0790. The van der Waals surface area contributed by atoms with Gasteiger partial charge in [-0.25, -0.2) is 4.79 Å². The van der Waals surface area contributed by atoms with E-state index in [2.05, 4.69) is 22.5 Å². The van der Waals surface area contributed by atoms with E-state index in [1.807, 2.05) is 0 Å². The van der Waals surface area contributed by atoms with Gasteiger partial charge in [0.1, 0.15) is 11.2 Å². The smallest absolute Gasteiger partial charge is 0.332 e. The van der Waals surface area contributed by atoms with Crippen LogP contribution < -0.4 is 16.0 Å². The summed E-state index contributed by atoms with van der Waals surface area (Å²) in [5.74, 6) is -1.99. The van der Waals surface area contributed by atoms with Crippen LogP contribution in [0.25, 0.3) is 0 Å². The number of halogens is 1. The summed E-state index contributed by atoms with van der Waals surface area (Å²) in [6.07, 6.45) is 0. The van der Waals surface area contributed by atoms with E-state index in [-0.39, 0.29) is 5.57 Å². The molecule has 0 aromatic carbocycles. The average molecular weight is 222 g/mol. The molecule has 14 heavy (non-hydrogen) atoms. The summed E-state index contributed by atoms with van der Waals surface area (Å²) in [5.41, 5.74) is -0.0790. The standard InChI is InChI=1S/C8H16ClN3O2/c1-5(7(13)14)6(9)8(10-2,11-3)12-4/h6,10-12H,1H2,2-4H3,(H,13,14). The number of carbonyl (C=O) groups is 1. The fourth-order valence-electron chi connectivity index (χ4n) is 1.12. The lowest BCUT2D eigenvalue weighted by molar-refractivity contribution is -0.133. The second-order valence-electron chi connectivity index (χ2n) is 2.75. The number of carboxylic acid groups (broad SMARTS) is 1. The Kier molecular flexibility index (Phi) is 5.07. The lowest BCUT2D eigenvalue weighted by Crippen LogP contribution is -2.69. The first-order chi connectivity index (χ1) is 6.45. The van der Waals surface area contributed by atoms with Crippen LogP contribution in [0.5, 0.6) is 0 Å². The lowest BCUT2D eigenvalue weighted by Gasteiger charge is -2.37. The van der Waals surface area contributed by atoms with Crippen LogP contribution in [-0.4, -0.2) is 43.4 Å². The van der Waals surface area contributed by atoms with Crippen molar-refractivity contribution in [3.05, 3.63) is 12.2 Å². The van der Waals surface area contributed by atoms with Crippen molar-refractivity contribution in [2.24, 2.45) is 0 Å². The van der Waals surface area contributed by atoms with Crippen LogP contribution in [0.4, 0.5) is 0 Å². The maximum absolute atomic E-state index is 10.7. The molecule has 4 N–H and O–H groups in total. The van der Waals surface area contributed by atoms with Crippen molar-refractivity contribution >= 4 is 17.6 Å². The quantitative estimate of drug-likeness (QED) is 0.278. The Labute approximate surface area is 88.5 Å². The second-order valence-corrected chi connectivity index (χ2v) is 3.19. The van der Waals surface area contributed by atoms with Crippen LogP contribution in [0.2, 0.25) is 0 Å². The fraction of sp³-hybridized carbons (Fsp3) is 0.625. The van der Waals surface area contributed by atoms with Gasteiger partial charge >= 0.3 is 5.97 Å². The molecule has 6 heteroatoms. The highest BCUT2D eigenvalue weighted by Crippen LogP contribution is 2.17. The molecule has 0 rings (SSSR count). The van der Waals surface area contributed by atoms with E-state index in [9.17, 15) is 4.79 Å². The minimum Gasteiger partial charge on any atom is -0.478 e. The zero-order chi connectivity index (χ0) is 11.4.